The molecule has 1 amide bonds. The quantitative estimate of drug-likeness (QED) is 0.757. The highest BCUT2D eigenvalue weighted by atomic mass is 16.5. The minimum absolute atomic E-state index is 0.0565. The van der Waals surface area contributed by atoms with Crippen molar-refractivity contribution in [3.8, 4) is 0 Å². The van der Waals surface area contributed by atoms with Gasteiger partial charge in [-0.1, -0.05) is 32.0 Å². The Labute approximate surface area is 170 Å². The first kappa shape index (κ1) is 19.9. The van der Waals surface area contributed by atoms with Crippen LogP contribution < -0.4 is 0 Å². The van der Waals surface area contributed by atoms with Gasteiger partial charge in [0.15, 0.2) is 0 Å². The predicted molar refractivity (Wildman–Crippen MR) is 112 cm³/mol. The third-order valence-electron chi connectivity index (χ3n) is 7.06. The predicted octanol–water partition coefficient (Wildman–Crippen LogP) is 4.35. The lowest BCUT2D eigenvalue weighted by Gasteiger charge is -2.51. The molecular weight excluding hydrogens is 348 g/mol. The van der Waals surface area contributed by atoms with Crippen LogP contribution in [0.25, 0.3) is 0 Å². The number of amides is 1. The fourth-order valence-electron chi connectivity index (χ4n) is 5.06. The summed E-state index contributed by atoms with van der Waals surface area (Å²) in [7, 11) is 2.28. The molecule has 4 heteroatoms. The molecule has 2 saturated carbocycles. The number of carbonyl (C=O) groups is 1. The molecular formula is C24H36N2O2. The van der Waals surface area contributed by atoms with Crippen molar-refractivity contribution >= 4 is 5.91 Å². The number of rotatable bonds is 5. The summed E-state index contributed by atoms with van der Waals surface area (Å²) in [5.74, 6) is 0.928. The largest absolute Gasteiger partial charge is 0.365 e. The number of carbonyl (C=O) groups excluding carboxylic acids is 1. The van der Waals surface area contributed by atoms with Gasteiger partial charge in [-0.25, -0.2) is 0 Å². The monoisotopic (exact) mass is 384 g/mol. The summed E-state index contributed by atoms with van der Waals surface area (Å²) in [5.41, 5.74) is 0.616. The lowest BCUT2D eigenvalue weighted by molar-refractivity contribution is -0.178. The Morgan fingerprint density at radius 1 is 1.11 bits per heavy atom. The molecule has 0 bridgehead atoms. The van der Waals surface area contributed by atoms with E-state index in [0.717, 1.165) is 50.3 Å². The maximum atomic E-state index is 13.1. The van der Waals surface area contributed by atoms with Gasteiger partial charge in [0.05, 0.1) is 24.3 Å². The van der Waals surface area contributed by atoms with E-state index in [0.29, 0.717) is 6.04 Å². The Morgan fingerprint density at radius 3 is 2.29 bits per heavy atom. The Morgan fingerprint density at radius 2 is 1.71 bits per heavy atom. The van der Waals surface area contributed by atoms with E-state index in [-0.39, 0.29) is 17.1 Å². The highest BCUT2D eigenvalue weighted by molar-refractivity contribution is 5.94. The molecule has 3 aliphatic rings. The van der Waals surface area contributed by atoms with Crippen molar-refractivity contribution in [2.75, 3.05) is 26.7 Å². The van der Waals surface area contributed by atoms with E-state index in [2.05, 4.69) is 30.7 Å². The van der Waals surface area contributed by atoms with Crippen LogP contribution in [0.15, 0.2) is 30.3 Å². The van der Waals surface area contributed by atoms with Crippen LogP contribution >= 0.6 is 0 Å². The van der Waals surface area contributed by atoms with Crippen LogP contribution in [-0.2, 0) is 4.74 Å². The smallest absolute Gasteiger partial charge is 0.254 e. The number of hydrogen-bond acceptors (Lipinski definition) is 3. The second kappa shape index (κ2) is 7.79. The molecule has 4 nitrogen and oxygen atoms in total. The van der Waals surface area contributed by atoms with Gasteiger partial charge in [0.2, 0.25) is 0 Å². The van der Waals surface area contributed by atoms with E-state index in [9.17, 15) is 4.79 Å². The van der Waals surface area contributed by atoms with E-state index >= 15 is 0 Å². The normalized spacial score (nSPS) is 29.0. The van der Waals surface area contributed by atoms with E-state index in [4.69, 9.17) is 4.74 Å². The highest BCUT2D eigenvalue weighted by Crippen LogP contribution is 2.50. The van der Waals surface area contributed by atoms with Gasteiger partial charge < -0.3 is 14.5 Å². The third-order valence-corrected chi connectivity index (χ3v) is 7.06. The molecule has 0 N–H and O–H groups in total. The lowest BCUT2D eigenvalue weighted by Crippen LogP contribution is -2.60. The highest BCUT2D eigenvalue weighted by Gasteiger charge is 2.56. The SMILES string of the molecule is CC(C)CCN(C)[C@H]1CC[C@@]2(CC1)CN(C(=O)c1ccccc1)CC1(CC1)O2. The van der Waals surface area contributed by atoms with Gasteiger partial charge in [-0.2, -0.15) is 0 Å². The summed E-state index contributed by atoms with van der Waals surface area (Å²) in [4.78, 5) is 17.8. The van der Waals surface area contributed by atoms with Crippen molar-refractivity contribution in [1.29, 1.82) is 0 Å². The van der Waals surface area contributed by atoms with E-state index in [1.54, 1.807) is 0 Å². The maximum Gasteiger partial charge on any atom is 0.254 e. The zero-order chi connectivity index (χ0) is 19.8. The van der Waals surface area contributed by atoms with E-state index in [1.807, 2.05) is 30.3 Å². The second-order valence-electron chi connectivity index (χ2n) is 9.89. The molecule has 4 rings (SSSR count). The zero-order valence-corrected chi connectivity index (χ0v) is 17.8. The number of morpholine rings is 1. The van der Waals surface area contributed by atoms with Crippen molar-refractivity contribution in [2.24, 2.45) is 5.92 Å². The second-order valence-corrected chi connectivity index (χ2v) is 9.89. The van der Waals surface area contributed by atoms with Crippen LogP contribution in [0.4, 0.5) is 0 Å². The van der Waals surface area contributed by atoms with Crippen LogP contribution in [0.2, 0.25) is 0 Å². The van der Waals surface area contributed by atoms with Crippen LogP contribution in [0.5, 0.6) is 0 Å². The number of hydrogen-bond donors (Lipinski definition) is 0. The van der Waals surface area contributed by atoms with Gasteiger partial charge in [0.25, 0.3) is 5.91 Å². The average molecular weight is 385 g/mol. The van der Waals surface area contributed by atoms with Gasteiger partial charge in [0.1, 0.15) is 0 Å². The van der Waals surface area contributed by atoms with Gasteiger partial charge in [-0.3, -0.25) is 4.79 Å². The summed E-state index contributed by atoms with van der Waals surface area (Å²) in [5, 5.41) is 0. The summed E-state index contributed by atoms with van der Waals surface area (Å²) >= 11 is 0. The van der Waals surface area contributed by atoms with E-state index < -0.39 is 0 Å². The molecule has 1 aromatic carbocycles. The Balaban J connectivity index is 1.41. The number of benzene rings is 1. The first-order valence-electron chi connectivity index (χ1n) is 11.2. The molecule has 1 aliphatic heterocycles. The molecule has 154 valence electrons. The van der Waals surface area contributed by atoms with Crippen molar-refractivity contribution in [3.05, 3.63) is 35.9 Å². The fourth-order valence-corrected chi connectivity index (χ4v) is 5.06. The third kappa shape index (κ3) is 4.28. The fraction of sp³-hybridized carbons (Fsp3) is 0.708. The summed E-state index contributed by atoms with van der Waals surface area (Å²) in [6, 6.07) is 10.4. The standard InChI is InChI=1S/C24H36N2O2/c1-19(2)11-16-25(3)21-9-12-23(13-10-21)17-26(18-24(28-23)14-15-24)22(27)20-7-5-4-6-8-20/h4-8,19,21H,9-18H2,1-3H3/t21-,23+. The van der Waals surface area contributed by atoms with Gasteiger partial charge in [-0.05, 0) is 76.6 Å². The van der Waals surface area contributed by atoms with Crippen molar-refractivity contribution in [2.45, 2.75) is 76.0 Å². The molecule has 28 heavy (non-hydrogen) atoms. The molecule has 2 aliphatic carbocycles. The van der Waals surface area contributed by atoms with Gasteiger partial charge in [-0.15, -0.1) is 0 Å². The van der Waals surface area contributed by atoms with Gasteiger partial charge >= 0.3 is 0 Å². The molecule has 1 aromatic rings. The Hall–Kier alpha value is -1.39. The lowest BCUT2D eigenvalue weighted by atomic mass is 9.79. The molecule has 0 unspecified atom stereocenters. The first-order valence-corrected chi connectivity index (χ1v) is 11.2. The zero-order valence-electron chi connectivity index (χ0n) is 17.8. The van der Waals surface area contributed by atoms with Gasteiger partial charge in [0, 0.05) is 11.6 Å². The Bertz CT molecular complexity index is 675. The molecule has 2 spiro atoms. The summed E-state index contributed by atoms with van der Waals surface area (Å²) < 4.78 is 6.74. The molecule has 3 fully saturated rings. The molecule has 0 aromatic heterocycles. The molecule has 0 atom stereocenters. The van der Waals surface area contributed by atoms with Crippen molar-refractivity contribution in [3.63, 3.8) is 0 Å². The summed E-state index contributed by atoms with van der Waals surface area (Å²) in [6.07, 6.45) is 7.97. The average Bonchev–Trinajstić information content (AvgIpc) is 3.44. The molecule has 0 radical (unpaired) electrons. The van der Waals surface area contributed by atoms with Crippen LogP contribution in [0, 0.1) is 5.92 Å². The maximum absolute atomic E-state index is 13.1. The number of ether oxygens (including phenoxy) is 1. The Kier molecular flexibility index (Phi) is 5.54. The topological polar surface area (TPSA) is 32.8 Å². The van der Waals surface area contributed by atoms with Crippen molar-refractivity contribution in [1.82, 2.24) is 9.80 Å². The summed E-state index contributed by atoms with van der Waals surface area (Å²) in [6.45, 7) is 7.30. The van der Waals surface area contributed by atoms with E-state index in [1.165, 1.54) is 25.8 Å². The van der Waals surface area contributed by atoms with Crippen LogP contribution in [-0.4, -0.2) is 59.6 Å². The minimum atomic E-state index is -0.130. The van der Waals surface area contributed by atoms with Crippen molar-refractivity contribution < 1.29 is 9.53 Å². The van der Waals surface area contributed by atoms with Crippen LogP contribution in [0.3, 0.4) is 0 Å². The number of nitrogens with zero attached hydrogens (tertiary/aromatic N) is 2. The molecule has 1 heterocycles. The first-order chi connectivity index (χ1) is 13.4. The molecule has 1 saturated heterocycles. The minimum Gasteiger partial charge on any atom is -0.365 e. The van der Waals surface area contributed by atoms with Crippen LogP contribution in [0.1, 0.15) is 69.2 Å².